The normalized spacial score (nSPS) is 30.4. The predicted octanol–water partition coefficient (Wildman–Crippen LogP) is -1.55. The Kier molecular flexibility index (Phi) is 17.8. The Morgan fingerprint density at radius 2 is 1.29 bits per heavy atom. The van der Waals surface area contributed by atoms with Gasteiger partial charge < -0.3 is 59.4 Å². The second-order valence-corrected chi connectivity index (χ2v) is 12.5. The minimum atomic E-state index is -1.77. The van der Waals surface area contributed by atoms with Gasteiger partial charge in [0.1, 0.15) is 48.8 Å². The quantitative estimate of drug-likeness (QED) is 0.0354. The number of rotatable bonds is 23. The number of unbranched alkanes of at least 4 members (excludes halogenated alkanes) is 9. The minimum absolute atomic E-state index is 0.0632. The van der Waals surface area contributed by atoms with Crippen LogP contribution >= 0.6 is 0 Å². The SMILES string of the molecule is CCCCCCCCCCOc1c(NNC(=O)CCCCCO[C@@H]2O[C@H](CO)[C@@H](O[C@@H]3O[C@H](CO)[C@H](O)[C@H](O)[C@H]3O)[C@H](O)[C@H]2O)c(=O)c1=O. The van der Waals surface area contributed by atoms with Gasteiger partial charge in [-0.25, -0.2) is 0 Å². The van der Waals surface area contributed by atoms with E-state index < -0.39 is 91.4 Å². The molecule has 2 aliphatic rings. The Hall–Kier alpha value is -2.29. The topological polar surface area (TPSA) is 263 Å². The third kappa shape index (κ3) is 11.6. The number of aliphatic hydroxyl groups excluding tert-OH is 7. The summed E-state index contributed by atoms with van der Waals surface area (Å²) < 4.78 is 27.4. The molecule has 0 radical (unpaired) electrons. The first-order chi connectivity index (χ1) is 23.5. The molecule has 1 aromatic rings. The molecule has 1 amide bonds. The standard InChI is InChI=1S/C32H54N2O15/c1-2-3-4-5-6-7-8-11-14-45-30-21(23(39)25(30)41)34-33-20(37)13-10-9-12-15-46-31-28(44)26(42)29(19(17-36)48-31)49-32-27(43)24(40)22(38)18(16-35)47-32/h18-19,22,24,26-29,31-32,34-36,38,40,42-44H,2-17H2,1H3,(H,33,37)/t18-,19-,22+,24+,26-,27-,28-,29-,31-,32+/m1/s1. The third-order valence-corrected chi connectivity index (χ3v) is 8.73. The molecule has 17 heteroatoms. The lowest BCUT2D eigenvalue weighted by Crippen LogP contribution is -2.64. The van der Waals surface area contributed by atoms with Crippen LogP contribution in [0, 0.1) is 0 Å². The summed E-state index contributed by atoms with van der Waals surface area (Å²) in [5.41, 5.74) is 3.34. The molecule has 49 heavy (non-hydrogen) atoms. The lowest BCUT2D eigenvalue weighted by molar-refractivity contribution is -0.359. The van der Waals surface area contributed by atoms with E-state index in [1.54, 1.807) is 0 Å². The average Bonchev–Trinajstić information content (AvgIpc) is 3.10. The van der Waals surface area contributed by atoms with Crippen molar-refractivity contribution < 1.29 is 64.2 Å². The number of amides is 1. The largest absolute Gasteiger partial charge is 0.487 e. The molecule has 9 N–H and O–H groups in total. The van der Waals surface area contributed by atoms with Crippen molar-refractivity contribution in [3.05, 3.63) is 20.4 Å². The Morgan fingerprint density at radius 3 is 1.96 bits per heavy atom. The van der Waals surface area contributed by atoms with Gasteiger partial charge in [-0.3, -0.25) is 25.2 Å². The minimum Gasteiger partial charge on any atom is -0.487 e. The van der Waals surface area contributed by atoms with Crippen molar-refractivity contribution in [1.29, 1.82) is 0 Å². The molecule has 17 nitrogen and oxygen atoms in total. The number of ether oxygens (including phenoxy) is 5. The van der Waals surface area contributed by atoms with E-state index in [1.807, 2.05) is 0 Å². The second-order valence-electron chi connectivity index (χ2n) is 12.5. The van der Waals surface area contributed by atoms with Crippen LogP contribution < -0.4 is 26.4 Å². The first-order valence-corrected chi connectivity index (χ1v) is 17.3. The average molecular weight is 707 g/mol. The Balaban J connectivity index is 1.31. The highest BCUT2D eigenvalue weighted by molar-refractivity contribution is 5.78. The zero-order chi connectivity index (χ0) is 35.9. The van der Waals surface area contributed by atoms with Gasteiger partial charge in [0.05, 0.1) is 19.8 Å². The number of carbonyl (C=O) groups is 1. The lowest BCUT2D eigenvalue weighted by atomic mass is 9.97. The summed E-state index contributed by atoms with van der Waals surface area (Å²) >= 11 is 0. The van der Waals surface area contributed by atoms with E-state index in [0.29, 0.717) is 25.9 Å². The molecule has 0 bridgehead atoms. The van der Waals surface area contributed by atoms with Crippen molar-refractivity contribution in [3.8, 4) is 5.75 Å². The fourth-order valence-electron chi connectivity index (χ4n) is 5.68. The first-order valence-electron chi connectivity index (χ1n) is 17.3. The summed E-state index contributed by atoms with van der Waals surface area (Å²) in [6.07, 6.45) is -4.97. The fraction of sp³-hybridized carbons (Fsp3) is 0.844. The maximum atomic E-state index is 12.3. The second kappa shape index (κ2) is 21.2. The van der Waals surface area contributed by atoms with Gasteiger partial charge in [0, 0.05) is 13.0 Å². The van der Waals surface area contributed by atoms with Gasteiger partial charge in [0.25, 0.3) is 10.9 Å². The molecule has 2 saturated heterocycles. The van der Waals surface area contributed by atoms with Crippen molar-refractivity contribution in [2.45, 2.75) is 145 Å². The molecular formula is C32H54N2O15. The van der Waals surface area contributed by atoms with E-state index in [4.69, 9.17) is 23.7 Å². The van der Waals surface area contributed by atoms with E-state index in [-0.39, 0.29) is 24.5 Å². The molecule has 0 spiro atoms. The summed E-state index contributed by atoms with van der Waals surface area (Å²) in [5, 5.41) is 70.6. The van der Waals surface area contributed by atoms with Crippen LogP contribution in [0.5, 0.6) is 5.75 Å². The van der Waals surface area contributed by atoms with Crippen LogP contribution in [0.4, 0.5) is 5.69 Å². The molecule has 2 aliphatic heterocycles. The number of hydrogen-bond donors (Lipinski definition) is 9. The van der Waals surface area contributed by atoms with Gasteiger partial charge in [-0.2, -0.15) is 0 Å². The van der Waals surface area contributed by atoms with Crippen molar-refractivity contribution in [3.63, 3.8) is 0 Å². The molecule has 0 aromatic heterocycles. The van der Waals surface area contributed by atoms with Crippen LogP contribution in [-0.4, -0.2) is 129 Å². The number of hydrazine groups is 1. The summed E-state index contributed by atoms with van der Waals surface area (Å²) in [4.78, 5) is 36.1. The molecule has 0 unspecified atom stereocenters. The number of hydrogen-bond acceptors (Lipinski definition) is 16. The van der Waals surface area contributed by atoms with E-state index >= 15 is 0 Å². The number of carbonyl (C=O) groups excluding carboxylic acids is 1. The molecular weight excluding hydrogens is 652 g/mol. The number of nitrogens with one attached hydrogen (secondary N) is 2. The highest BCUT2D eigenvalue weighted by Gasteiger charge is 2.50. The monoisotopic (exact) mass is 706 g/mol. The molecule has 10 atom stereocenters. The van der Waals surface area contributed by atoms with Crippen LogP contribution in [0.2, 0.25) is 0 Å². The molecule has 0 saturated carbocycles. The summed E-state index contributed by atoms with van der Waals surface area (Å²) in [6, 6.07) is 0. The Labute approximate surface area is 284 Å². The smallest absolute Gasteiger partial charge is 0.272 e. The summed E-state index contributed by atoms with van der Waals surface area (Å²) in [6.45, 7) is 1.17. The fourth-order valence-corrected chi connectivity index (χ4v) is 5.68. The molecule has 3 rings (SSSR count). The van der Waals surface area contributed by atoms with Gasteiger partial charge in [0.15, 0.2) is 24.0 Å². The summed E-state index contributed by atoms with van der Waals surface area (Å²) in [7, 11) is 0. The van der Waals surface area contributed by atoms with Crippen LogP contribution in [0.15, 0.2) is 9.59 Å². The van der Waals surface area contributed by atoms with Crippen molar-refractivity contribution in [2.24, 2.45) is 0 Å². The van der Waals surface area contributed by atoms with Crippen molar-refractivity contribution in [1.82, 2.24) is 5.43 Å². The van der Waals surface area contributed by atoms with Gasteiger partial charge in [-0.15, -0.1) is 0 Å². The van der Waals surface area contributed by atoms with Crippen LogP contribution in [-0.2, 0) is 23.7 Å². The molecule has 2 heterocycles. The highest BCUT2D eigenvalue weighted by atomic mass is 16.7. The van der Waals surface area contributed by atoms with E-state index in [2.05, 4.69) is 17.8 Å². The highest BCUT2D eigenvalue weighted by Crippen LogP contribution is 2.29. The maximum absolute atomic E-state index is 12.3. The van der Waals surface area contributed by atoms with E-state index in [1.165, 1.54) is 25.7 Å². The van der Waals surface area contributed by atoms with Gasteiger partial charge >= 0.3 is 0 Å². The van der Waals surface area contributed by atoms with Gasteiger partial charge in [-0.1, -0.05) is 58.3 Å². The maximum Gasteiger partial charge on any atom is 0.272 e. The molecule has 1 aromatic carbocycles. The Morgan fingerprint density at radius 1 is 0.694 bits per heavy atom. The zero-order valence-corrected chi connectivity index (χ0v) is 28.0. The van der Waals surface area contributed by atoms with Gasteiger partial charge in [0.2, 0.25) is 5.91 Å². The first kappa shape index (κ1) is 41.1. The number of anilines is 1. The number of aliphatic hydroxyl groups is 7. The Bertz CT molecular complexity index is 1180. The third-order valence-electron chi connectivity index (χ3n) is 8.73. The van der Waals surface area contributed by atoms with Crippen molar-refractivity contribution in [2.75, 3.05) is 31.9 Å². The van der Waals surface area contributed by atoms with E-state index in [0.717, 1.165) is 25.7 Å². The van der Waals surface area contributed by atoms with Crippen LogP contribution in [0.25, 0.3) is 0 Å². The van der Waals surface area contributed by atoms with Crippen molar-refractivity contribution >= 4 is 11.6 Å². The van der Waals surface area contributed by atoms with Crippen LogP contribution in [0.1, 0.15) is 84.0 Å². The molecule has 2 fully saturated rings. The molecule has 0 aliphatic carbocycles. The lowest BCUT2D eigenvalue weighted by Gasteiger charge is -2.45. The van der Waals surface area contributed by atoms with E-state index in [9.17, 15) is 50.1 Å². The molecule has 282 valence electrons. The predicted molar refractivity (Wildman–Crippen MR) is 172 cm³/mol. The van der Waals surface area contributed by atoms with Gasteiger partial charge in [-0.05, 0) is 19.3 Å². The zero-order valence-electron chi connectivity index (χ0n) is 28.0. The van der Waals surface area contributed by atoms with Crippen LogP contribution in [0.3, 0.4) is 0 Å². The summed E-state index contributed by atoms with van der Waals surface area (Å²) in [5.74, 6) is -0.480.